The van der Waals surface area contributed by atoms with Gasteiger partial charge >= 0.3 is 57.2 Å². The third kappa shape index (κ3) is 7.88. The molecule has 0 aliphatic heterocycles. The maximum atomic E-state index is 13.9. The maximum absolute atomic E-state index is 13.9. The summed E-state index contributed by atoms with van der Waals surface area (Å²) in [4.78, 5) is 0. The summed E-state index contributed by atoms with van der Waals surface area (Å²) in [7, 11) is -7.52. The first kappa shape index (κ1) is 36.1. The summed E-state index contributed by atoms with van der Waals surface area (Å²) in [5.74, 6) is -27.8. The molecular weight excluding hydrogens is 651 g/mol. The monoisotopic (exact) mass is 662 g/mol. The second-order valence-corrected chi connectivity index (χ2v) is 8.97. The van der Waals surface area contributed by atoms with Crippen molar-refractivity contribution in [2.75, 3.05) is 0 Å². The van der Waals surface area contributed by atoms with Crippen molar-refractivity contribution in [2.24, 2.45) is 0 Å². The largest absolute Gasteiger partial charge is 0.531 e. The minimum absolute atomic E-state index is 0.0221. The quantitative estimate of drug-likeness (QED) is 0.107. The second-order valence-electron chi connectivity index (χ2n) is 7.25. The van der Waals surface area contributed by atoms with Gasteiger partial charge in [-0.05, 0) is 0 Å². The topological polar surface area (TPSA) is 44.8 Å². The second kappa shape index (κ2) is 12.9. The summed E-state index contributed by atoms with van der Waals surface area (Å²) >= 11 is 5.25. The third-order valence-corrected chi connectivity index (χ3v) is 5.96. The Bertz CT molecular complexity index is 950. The molecule has 0 unspecified atom stereocenters. The molecule has 1 aromatic rings. The van der Waals surface area contributed by atoms with Gasteiger partial charge in [0, 0.05) is 11.1 Å². The first-order valence-corrected chi connectivity index (χ1v) is 11.5. The predicted molar refractivity (Wildman–Crippen MR) is 103 cm³/mol. The highest BCUT2D eigenvalue weighted by Gasteiger charge is 2.71. The fourth-order valence-electron chi connectivity index (χ4n) is 2.44. The van der Waals surface area contributed by atoms with Crippen molar-refractivity contribution in [1.82, 2.24) is 0 Å². The van der Waals surface area contributed by atoms with Crippen LogP contribution >= 0.6 is 19.4 Å². The molecule has 0 aliphatic carbocycles. The molecule has 0 amide bonds. The van der Waals surface area contributed by atoms with E-state index in [-0.39, 0.29) is 5.54 Å². The highest BCUT2D eigenvalue weighted by atomic mass is 35.5. The summed E-state index contributed by atoms with van der Waals surface area (Å²) in [6.45, 7) is 0. The summed E-state index contributed by atoms with van der Waals surface area (Å²) in [6, 6.07) is 4.83. The molecule has 40 heavy (non-hydrogen) atoms. The number of rotatable bonds is 15. The Hall–Kier alpha value is -1.92. The lowest BCUT2D eigenvalue weighted by Gasteiger charge is -2.37. The van der Waals surface area contributed by atoms with Crippen LogP contribution in [0, 0.1) is 0 Å². The molecular formula is C18H12ClF16O4P. The molecule has 0 aromatic heterocycles. The van der Waals surface area contributed by atoms with E-state index in [1.54, 1.807) is 0 Å². The van der Waals surface area contributed by atoms with E-state index >= 15 is 0 Å². The molecule has 0 spiro atoms. The summed E-state index contributed by atoms with van der Waals surface area (Å²) in [5, 5.41) is 0. The van der Waals surface area contributed by atoms with Gasteiger partial charge in [-0.2, -0.15) is 35.1 Å². The van der Waals surface area contributed by atoms with Crippen LogP contribution in [0.3, 0.4) is 0 Å². The zero-order valence-corrected chi connectivity index (χ0v) is 20.1. The number of phosphoric ester groups is 1. The molecule has 1 rings (SSSR count). The lowest BCUT2D eigenvalue weighted by Crippen LogP contribution is -2.57. The van der Waals surface area contributed by atoms with Crippen LogP contribution in [0.2, 0.25) is 0 Å². The van der Waals surface area contributed by atoms with E-state index in [2.05, 4.69) is 13.6 Å². The Morgan fingerprint density at radius 3 is 1.20 bits per heavy atom. The Morgan fingerprint density at radius 1 is 0.650 bits per heavy atom. The third-order valence-electron chi connectivity index (χ3n) is 4.40. The van der Waals surface area contributed by atoms with Gasteiger partial charge in [-0.3, -0.25) is 9.05 Å². The molecule has 0 fully saturated rings. The van der Waals surface area contributed by atoms with Crippen molar-refractivity contribution in [3.63, 3.8) is 0 Å². The van der Waals surface area contributed by atoms with Crippen LogP contribution in [0.1, 0.15) is 5.56 Å². The average molecular weight is 663 g/mol. The first-order valence-electron chi connectivity index (χ1n) is 9.64. The molecule has 0 bridgehead atoms. The number of alkyl halides is 16. The molecule has 232 valence electrons. The molecule has 0 saturated heterocycles. The van der Waals surface area contributed by atoms with Crippen LogP contribution in [0.5, 0.6) is 0 Å². The smallest absolute Gasteiger partial charge is 0.402 e. The molecule has 0 N–H and O–H groups in total. The van der Waals surface area contributed by atoms with E-state index in [0.29, 0.717) is 0 Å². The SMILES string of the molecule is O=P(OC(=CCl)c1ccccc1)(OC(C(F)(F)C(F)F)C(F)(F)C(F)F)OC(C(F)(F)C(F)F)C(F)(F)C(F)F. The van der Waals surface area contributed by atoms with Crippen molar-refractivity contribution in [3.05, 3.63) is 41.4 Å². The van der Waals surface area contributed by atoms with Gasteiger partial charge in [-0.15, -0.1) is 0 Å². The number of hydrogen-bond acceptors (Lipinski definition) is 4. The van der Waals surface area contributed by atoms with Gasteiger partial charge in [0.25, 0.3) is 0 Å². The Balaban J connectivity index is 3.95. The van der Waals surface area contributed by atoms with Gasteiger partial charge in [0.2, 0.25) is 12.2 Å². The lowest BCUT2D eigenvalue weighted by atomic mass is 10.1. The van der Waals surface area contributed by atoms with Crippen LogP contribution in [-0.4, -0.2) is 61.6 Å². The predicted octanol–water partition coefficient (Wildman–Crippen LogP) is 8.72. The van der Waals surface area contributed by atoms with E-state index < -0.39 is 80.7 Å². The maximum Gasteiger partial charge on any atom is 0.531 e. The van der Waals surface area contributed by atoms with E-state index in [1.165, 1.54) is 6.07 Å². The van der Waals surface area contributed by atoms with E-state index in [0.717, 1.165) is 24.3 Å². The number of phosphoric acid groups is 1. The fraction of sp³-hybridized carbons (Fsp3) is 0.556. The van der Waals surface area contributed by atoms with Crippen LogP contribution < -0.4 is 0 Å². The van der Waals surface area contributed by atoms with E-state index in [9.17, 15) is 74.8 Å². The van der Waals surface area contributed by atoms with Gasteiger partial charge in [0.15, 0.2) is 0 Å². The Kier molecular flexibility index (Phi) is 11.7. The van der Waals surface area contributed by atoms with E-state index in [4.69, 9.17) is 11.6 Å². The van der Waals surface area contributed by atoms with E-state index in [1.807, 2.05) is 0 Å². The van der Waals surface area contributed by atoms with Crippen molar-refractivity contribution in [1.29, 1.82) is 0 Å². The highest BCUT2D eigenvalue weighted by Crippen LogP contribution is 2.61. The summed E-state index contributed by atoms with van der Waals surface area (Å²) < 4.78 is 237. The molecule has 4 nitrogen and oxygen atoms in total. The van der Waals surface area contributed by atoms with Crippen LogP contribution in [0.15, 0.2) is 35.9 Å². The molecule has 0 aliphatic rings. The number of halogens is 17. The zero-order valence-electron chi connectivity index (χ0n) is 18.4. The van der Waals surface area contributed by atoms with Crippen molar-refractivity contribution >= 4 is 25.2 Å². The van der Waals surface area contributed by atoms with Crippen molar-refractivity contribution in [2.45, 2.75) is 61.6 Å². The molecule has 0 atom stereocenters. The highest BCUT2D eigenvalue weighted by molar-refractivity contribution is 7.48. The molecule has 0 saturated carbocycles. The van der Waals surface area contributed by atoms with Crippen molar-refractivity contribution < 1.29 is 88.4 Å². The zero-order chi connectivity index (χ0) is 31.5. The van der Waals surface area contributed by atoms with Gasteiger partial charge in [0.05, 0.1) is 0 Å². The summed E-state index contributed by atoms with van der Waals surface area (Å²) in [6.07, 6.45) is -32.7. The van der Waals surface area contributed by atoms with Crippen LogP contribution in [0.4, 0.5) is 70.2 Å². The van der Waals surface area contributed by atoms with Crippen LogP contribution in [-0.2, 0) is 18.1 Å². The van der Waals surface area contributed by atoms with Gasteiger partial charge in [0.1, 0.15) is 5.76 Å². The molecule has 0 radical (unpaired) electrons. The Morgan fingerprint density at radius 2 is 0.950 bits per heavy atom. The normalized spacial score (nSPS) is 14.9. The standard InChI is InChI=1S/C18H12ClF16O4P/c19-6-8(7-4-2-1-3-5-7)37-40(36,38-9(15(28,29)11(20)21)16(30,31)12(22)23)39-10(17(32,33)13(24)25)18(34,35)14(26)27/h1-6,9-14H. The lowest BCUT2D eigenvalue weighted by molar-refractivity contribution is -0.292. The van der Waals surface area contributed by atoms with Crippen LogP contribution in [0.25, 0.3) is 5.76 Å². The minimum atomic E-state index is -7.52. The molecule has 1 aromatic carbocycles. The van der Waals surface area contributed by atoms with Gasteiger partial charge < -0.3 is 4.52 Å². The Labute approximate surface area is 217 Å². The first-order chi connectivity index (χ1) is 18.0. The molecule has 0 heterocycles. The number of benzene rings is 1. The average Bonchev–Trinajstić information content (AvgIpc) is 2.84. The fourth-order valence-corrected chi connectivity index (χ4v) is 4.28. The minimum Gasteiger partial charge on any atom is -0.402 e. The number of hydrogen-bond donors (Lipinski definition) is 0. The molecule has 22 heteroatoms. The van der Waals surface area contributed by atoms with Gasteiger partial charge in [-0.25, -0.2) is 39.7 Å². The van der Waals surface area contributed by atoms with Crippen molar-refractivity contribution in [3.8, 4) is 0 Å². The summed E-state index contributed by atoms with van der Waals surface area (Å²) in [5.41, 5.74) is -0.661. The van der Waals surface area contributed by atoms with Gasteiger partial charge in [-0.1, -0.05) is 41.9 Å².